The normalized spacial score (nSPS) is 13.3. The molecule has 0 aliphatic carbocycles. The molecule has 0 bridgehead atoms. The van der Waals surface area contributed by atoms with E-state index >= 15 is 0 Å². The number of nitrogens with zero attached hydrogens (tertiary/aromatic N) is 1. The fraction of sp³-hybridized carbons (Fsp3) is 0.294. The summed E-state index contributed by atoms with van der Waals surface area (Å²) in [6.45, 7) is 4.49. The summed E-state index contributed by atoms with van der Waals surface area (Å²) in [5, 5.41) is 0. The van der Waals surface area contributed by atoms with Gasteiger partial charge in [-0.05, 0) is 55.7 Å². The highest BCUT2D eigenvalue weighted by Gasteiger charge is 2.24. The lowest BCUT2D eigenvalue weighted by atomic mass is 10.1. The van der Waals surface area contributed by atoms with Crippen LogP contribution in [0, 0.1) is 13.8 Å². The number of aryl methyl sites for hydroxylation is 2. The summed E-state index contributed by atoms with van der Waals surface area (Å²) in [5.74, 6) is 1.24. The maximum Gasteiger partial charge on any atom is 0.264 e. The molecule has 1 aliphatic rings. The molecule has 122 valence electrons. The van der Waals surface area contributed by atoms with Gasteiger partial charge >= 0.3 is 0 Å². The van der Waals surface area contributed by atoms with Crippen molar-refractivity contribution < 1.29 is 17.7 Å². The van der Waals surface area contributed by atoms with Crippen LogP contribution in [0.2, 0.25) is 0 Å². The van der Waals surface area contributed by atoms with Gasteiger partial charge in [-0.1, -0.05) is 12.1 Å². The van der Waals surface area contributed by atoms with Crippen molar-refractivity contribution in [3.63, 3.8) is 0 Å². The largest absolute Gasteiger partial charge is 0.453 e. The number of benzene rings is 2. The van der Waals surface area contributed by atoms with Crippen LogP contribution in [0.3, 0.4) is 0 Å². The topological polar surface area (TPSA) is 66.8 Å². The molecule has 23 heavy (non-hydrogen) atoms. The number of anilines is 2. The van der Waals surface area contributed by atoms with E-state index in [9.17, 15) is 8.42 Å². The van der Waals surface area contributed by atoms with Gasteiger partial charge in [0.1, 0.15) is 0 Å². The molecule has 0 atom stereocenters. The second-order valence-electron chi connectivity index (χ2n) is 5.84. The van der Waals surface area contributed by atoms with Crippen molar-refractivity contribution in [2.24, 2.45) is 0 Å². The lowest BCUT2D eigenvalue weighted by Gasteiger charge is -2.33. The molecule has 3 rings (SSSR count). The molecule has 0 radical (unpaired) electrons. The van der Waals surface area contributed by atoms with E-state index < -0.39 is 10.1 Å². The van der Waals surface area contributed by atoms with E-state index in [0.717, 1.165) is 34.0 Å². The summed E-state index contributed by atoms with van der Waals surface area (Å²) in [6.07, 6.45) is 0.333. The SMILES string of the molecule is Cc1ccc2c(c1)N(CCCS(=O)(=O)O)c1cc(C)ccc1O2. The quantitative estimate of drug-likeness (QED) is 0.862. The van der Waals surface area contributed by atoms with Gasteiger partial charge in [0.15, 0.2) is 11.5 Å². The monoisotopic (exact) mass is 333 g/mol. The van der Waals surface area contributed by atoms with Gasteiger partial charge in [0.05, 0.1) is 17.1 Å². The molecule has 5 nitrogen and oxygen atoms in total. The van der Waals surface area contributed by atoms with E-state index in [-0.39, 0.29) is 5.75 Å². The zero-order valence-electron chi connectivity index (χ0n) is 13.1. The second-order valence-corrected chi connectivity index (χ2v) is 7.41. The molecule has 0 aromatic heterocycles. The average Bonchev–Trinajstić information content (AvgIpc) is 2.46. The molecule has 2 aromatic rings. The van der Waals surface area contributed by atoms with E-state index in [4.69, 9.17) is 9.29 Å². The number of ether oxygens (including phenoxy) is 1. The standard InChI is InChI=1S/C17H19NO4S/c1-12-4-6-16-14(10-12)18(8-3-9-23(19,20)21)15-11-13(2)5-7-17(15)22-16/h4-7,10-11H,3,8-9H2,1-2H3,(H,19,20,21). The third kappa shape index (κ3) is 3.48. The summed E-state index contributed by atoms with van der Waals surface area (Å²) in [4.78, 5) is 2.05. The zero-order valence-corrected chi connectivity index (χ0v) is 13.9. The van der Waals surface area contributed by atoms with Crippen molar-refractivity contribution in [3.8, 4) is 11.5 Å². The van der Waals surface area contributed by atoms with Crippen LogP contribution in [-0.4, -0.2) is 25.3 Å². The average molecular weight is 333 g/mol. The molecule has 0 spiro atoms. The van der Waals surface area contributed by atoms with Crippen molar-refractivity contribution in [2.75, 3.05) is 17.2 Å². The van der Waals surface area contributed by atoms with Crippen molar-refractivity contribution in [2.45, 2.75) is 20.3 Å². The predicted molar refractivity (Wildman–Crippen MR) is 90.5 cm³/mol. The molecule has 0 unspecified atom stereocenters. The Labute approximate surface area is 136 Å². The molecular formula is C17H19NO4S. The molecule has 1 heterocycles. The summed E-state index contributed by atoms with van der Waals surface area (Å²) < 4.78 is 36.9. The van der Waals surface area contributed by atoms with E-state index in [1.54, 1.807) is 0 Å². The molecule has 6 heteroatoms. The first-order chi connectivity index (χ1) is 10.8. The van der Waals surface area contributed by atoms with Crippen LogP contribution in [0.15, 0.2) is 36.4 Å². The molecule has 0 fully saturated rings. The fourth-order valence-corrected chi connectivity index (χ4v) is 3.24. The van der Waals surface area contributed by atoms with Gasteiger partial charge in [-0.25, -0.2) is 0 Å². The van der Waals surface area contributed by atoms with Gasteiger partial charge in [0, 0.05) is 6.54 Å². The van der Waals surface area contributed by atoms with E-state index in [0.29, 0.717) is 13.0 Å². The third-order valence-electron chi connectivity index (χ3n) is 3.81. The Morgan fingerprint density at radius 1 is 1.00 bits per heavy atom. The fourth-order valence-electron chi connectivity index (χ4n) is 2.74. The van der Waals surface area contributed by atoms with Gasteiger partial charge in [0.25, 0.3) is 10.1 Å². The molecule has 2 aromatic carbocycles. The third-order valence-corrected chi connectivity index (χ3v) is 4.62. The minimum atomic E-state index is -3.95. The predicted octanol–water partition coefficient (Wildman–Crippen LogP) is 3.83. The Hall–Kier alpha value is -2.05. The molecule has 0 amide bonds. The Morgan fingerprint density at radius 3 is 2.00 bits per heavy atom. The van der Waals surface area contributed by atoms with Gasteiger partial charge in [-0.15, -0.1) is 0 Å². The minimum absolute atomic E-state index is 0.257. The number of hydrogen-bond acceptors (Lipinski definition) is 4. The maximum atomic E-state index is 11.0. The second kappa shape index (κ2) is 5.86. The Kier molecular flexibility index (Phi) is 4.04. The summed E-state index contributed by atoms with van der Waals surface area (Å²) in [6, 6.07) is 11.8. The van der Waals surface area contributed by atoms with Crippen LogP contribution < -0.4 is 9.64 Å². The smallest absolute Gasteiger partial charge is 0.264 e. The van der Waals surface area contributed by atoms with E-state index in [2.05, 4.69) is 4.90 Å². The minimum Gasteiger partial charge on any atom is -0.453 e. The first-order valence-corrected chi connectivity index (χ1v) is 9.06. The Morgan fingerprint density at radius 2 is 1.52 bits per heavy atom. The highest BCUT2D eigenvalue weighted by molar-refractivity contribution is 7.85. The lowest BCUT2D eigenvalue weighted by molar-refractivity contribution is 0.471. The summed E-state index contributed by atoms with van der Waals surface area (Å²) >= 11 is 0. The van der Waals surface area contributed by atoms with E-state index in [1.165, 1.54) is 0 Å². The van der Waals surface area contributed by atoms with Crippen molar-refractivity contribution in [1.29, 1.82) is 0 Å². The van der Waals surface area contributed by atoms with Gasteiger partial charge < -0.3 is 9.64 Å². The molecule has 1 aliphatic heterocycles. The molecule has 0 saturated carbocycles. The zero-order chi connectivity index (χ0) is 16.6. The van der Waals surface area contributed by atoms with Crippen LogP contribution in [0.1, 0.15) is 17.5 Å². The van der Waals surface area contributed by atoms with Crippen LogP contribution in [0.4, 0.5) is 11.4 Å². The molecule has 0 saturated heterocycles. The summed E-state index contributed by atoms with van der Waals surface area (Å²) in [7, 11) is -3.95. The number of rotatable bonds is 4. The lowest BCUT2D eigenvalue weighted by Crippen LogP contribution is -2.24. The molecular weight excluding hydrogens is 314 g/mol. The molecule has 1 N–H and O–H groups in total. The number of hydrogen-bond donors (Lipinski definition) is 1. The van der Waals surface area contributed by atoms with Crippen LogP contribution in [0.5, 0.6) is 11.5 Å². The first-order valence-electron chi connectivity index (χ1n) is 7.45. The van der Waals surface area contributed by atoms with E-state index in [1.807, 2.05) is 50.2 Å². The maximum absolute atomic E-state index is 11.0. The van der Waals surface area contributed by atoms with Crippen molar-refractivity contribution >= 4 is 21.5 Å². The first kappa shape index (κ1) is 15.8. The van der Waals surface area contributed by atoms with Crippen molar-refractivity contribution in [1.82, 2.24) is 0 Å². The van der Waals surface area contributed by atoms with Crippen molar-refractivity contribution in [3.05, 3.63) is 47.5 Å². The van der Waals surface area contributed by atoms with Gasteiger partial charge in [-0.2, -0.15) is 8.42 Å². The van der Waals surface area contributed by atoms with Crippen LogP contribution in [-0.2, 0) is 10.1 Å². The van der Waals surface area contributed by atoms with Gasteiger partial charge in [-0.3, -0.25) is 4.55 Å². The van der Waals surface area contributed by atoms with Crippen LogP contribution >= 0.6 is 0 Å². The Balaban J connectivity index is 1.98. The highest BCUT2D eigenvalue weighted by Crippen LogP contribution is 2.47. The summed E-state index contributed by atoms with van der Waals surface area (Å²) in [5.41, 5.74) is 4.03. The highest BCUT2D eigenvalue weighted by atomic mass is 32.2. The Bertz CT molecular complexity index is 794. The van der Waals surface area contributed by atoms with Gasteiger partial charge in [0.2, 0.25) is 0 Å². The number of fused-ring (bicyclic) bond motifs is 2. The van der Waals surface area contributed by atoms with Crippen LogP contribution in [0.25, 0.3) is 0 Å².